The Morgan fingerprint density at radius 2 is 2.00 bits per heavy atom. The van der Waals surface area contributed by atoms with Gasteiger partial charge in [-0.15, -0.1) is 0 Å². The number of nitrogens with two attached hydrogens (primary N) is 1. The lowest BCUT2D eigenvalue weighted by molar-refractivity contribution is -0.0499. The van der Waals surface area contributed by atoms with Gasteiger partial charge in [-0.2, -0.15) is 13.9 Å². The molecule has 3 rings (SSSR count). The van der Waals surface area contributed by atoms with Crippen molar-refractivity contribution in [3.63, 3.8) is 0 Å². The lowest BCUT2D eigenvalue weighted by atomic mass is 10.1. The minimum Gasteiger partial charge on any atom is -0.454 e. The highest BCUT2D eigenvalue weighted by atomic mass is 19.3. The zero-order chi connectivity index (χ0) is 17.6. The molecule has 0 fully saturated rings. The van der Waals surface area contributed by atoms with Crippen LogP contribution in [0, 0.1) is 0 Å². The third kappa shape index (κ3) is 4.57. The summed E-state index contributed by atoms with van der Waals surface area (Å²) in [6.07, 6.45) is 2.02. The molecule has 0 unspecified atom stereocenters. The highest BCUT2D eigenvalue weighted by molar-refractivity contribution is 5.83. The second kappa shape index (κ2) is 7.80. The SMILES string of the molecule is NN(CCc1ccc2c(c1)OCO2)N=Cc1ccccc1OC(F)F. The van der Waals surface area contributed by atoms with Crippen LogP contribution in [0.4, 0.5) is 8.78 Å². The molecule has 1 heterocycles. The normalized spacial score (nSPS) is 12.8. The highest BCUT2D eigenvalue weighted by Crippen LogP contribution is 2.32. The first-order valence-electron chi connectivity index (χ1n) is 7.60. The summed E-state index contributed by atoms with van der Waals surface area (Å²) in [7, 11) is 0. The summed E-state index contributed by atoms with van der Waals surface area (Å²) in [4.78, 5) is 0. The Morgan fingerprint density at radius 3 is 2.84 bits per heavy atom. The summed E-state index contributed by atoms with van der Waals surface area (Å²) >= 11 is 0. The lowest BCUT2D eigenvalue weighted by Gasteiger charge is -2.13. The van der Waals surface area contributed by atoms with E-state index < -0.39 is 6.61 Å². The van der Waals surface area contributed by atoms with E-state index in [9.17, 15) is 8.78 Å². The van der Waals surface area contributed by atoms with Gasteiger partial charge < -0.3 is 14.2 Å². The number of hydrazine groups is 1. The van der Waals surface area contributed by atoms with Crippen LogP contribution in [0.1, 0.15) is 11.1 Å². The molecule has 0 saturated heterocycles. The first-order valence-corrected chi connectivity index (χ1v) is 7.60. The van der Waals surface area contributed by atoms with Crippen LogP contribution < -0.4 is 20.1 Å². The number of benzene rings is 2. The summed E-state index contributed by atoms with van der Waals surface area (Å²) in [5.41, 5.74) is 1.44. The number of fused-ring (bicyclic) bond motifs is 1. The van der Waals surface area contributed by atoms with E-state index in [-0.39, 0.29) is 12.5 Å². The number of hydrogen-bond donors (Lipinski definition) is 1. The van der Waals surface area contributed by atoms with Crippen molar-refractivity contribution in [2.75, 3.05) is 13.3 Å². The van der Waals surface area contributed by atoms with Gasteiger partial charge >= 0.3 is 6.61 Å². The first kappa shape index (κ1) is 17.0. The van der Waals surface area contributed by atoms with Crippen molar-refractivity contribution in [2.45, 2.75) is 13.0 Å². The number of ether oxygens (including phenoxy) is 3. The number of hydrogen-bond acceptors (Lipinski definition) is 6. The molecule has 2 aromatic rings. The standard InChI is InChI=1S/C17H17F2N3O3/c18-17(19)25-14-4-2-1-3-13(14)10-21-22(20)8-7-12-5-6-15-16(9-12)24-11-23-15/h1-6,9-10,17H,7-8,11,20H2. The Bertz CT molecular complexity index is 756. The Labute approximate surface area is 143 Å². The molecule has 0 atom stereocenters. The molecule has 8 heteroatoms. The van der Waals surface area contributed by atoms with Gasteiger partial charge in [0.05, 0.1) is 12.8 Å². The molecule has 0 bridgehead atoms. The fraction of sp³-hybridized carbons (Fsp3) is 0.235. The molecule has 132 valence electrons. The number of hydrazone groups is 1. The highest BCUT2D eigenvalue weighted by Gasteiger charge is 2.13. The largest absolute Gasteiger partial charge is 0.454 e. The molecular weight excluding hydrogens is 332 g/mol. The van der Waals surface area contributed by atoms with Crippen LogP contribution in [0.15, 0.2) is 47.6 Å². The predicted molar refractivity (Wildman–Crippen MR) is 87.8 cm³/mol. The molecule has 0 aliphatic carbocycles. The maximum Gasteiger partial charge on any atom is 0.387 e. The maximum atomic E-state index is 12.4. The van der Waals surface area contributed by atoms with Gasteiger partial charge in [0.1, 0.15) is 5.75 Å². The fourth-order valence-corrected chi connectivity index (χ4v) is 2.32. The molecular formula is C17H17F2N3O3. The van der Waals surface area contributed by atoms with E-state index in [4.69, 9.17) is 15.3 Å². The number of nitrogens with zero attached hydrogens (tertiary/aromatic N) is 2. The molecule has 1 aliphatic rings. The van der Waals surface area contributed by atoms with Crippen LogP contribution in [0.3, 0.4) is 0 Å². The van der Waals surface area contributed by atoms with Gasteiger partial charge in [-0.3, -0.25) is 0 Å². The van der Waals surface area contributed by atoms with Gasteiger partial charge in [-0.1, -0.05) is 18.2 Å². The number of alkyl halides is 2. The molecule has 2 aromatic carbocycles. The Kier molecular flexibility index (Phi) is 5.30. The van der Waals surface area contributed by atoms with Crippen LogP contribution in [0.5, 0.6) is 17.2 Å². The van der Waals surface area contributed by atoms with E-state index in [1.807, 2.05) is 18.2 Å². The van der Waals surface area contributed by atoms with E-state index in [2.05, 4.69) is 9.84 Å². The van der Waals surface area contributed by atoms with Gasteiger partial charge in [0, 0.05) is 5.56 Å². The van der Waals surface area contributed by atoms with E-state index in [0.29, 0.717) is 24.3 Å². The second-order valence-electron chi connectivity index (χ2n) is 5.26. The van der Waals surface area contributed by atoms with Crippen LogP contribution in [0.25, 0.3) is 0 Å². The number of para-hydroxylation sites is 1. The minimum absolute atomic E-state index is 0.0467. The van der Waals surface area contributed by atoms with E-state index >= 15 is 0 Å². The molecule has 0 radical (unpaired) electrons. The molecule has 25 heavy (non-hydrogen) atoms. The summed E-state index contributed by atoms with van der Waals surface area (Å²) in [6.45, 7) is -2.23. The molecule has 2 N–H and O–H groups in total. The summed E-state index contributed by atoms with van der Waals surface area (Å²) < 4.78 is 39.8. The van der Waals surface area contributed by atoms with Crippen LogP contribution in [-0.4, -0.2) is 31.3 Å². The zero-order valence-electron chi connectivity index (χ0n) is 13.3. The molecule has 0 spiro atoms. The molecule has 0 amide bonds. The second-order valence-corrected chi connectivity index (χ2v) is 5.26. The van der Waals surface area contributed by atoms with Gasteiger partial charge in [-0.05, 0) is 36.2 Å². The average Bonchev–Trinajstić information content (AvgIpc) is 3.06. The smallest absolute Gasteiger partial charge is 0.387 e. The summed E-state index contributed by atoms with van der Waals surface area (Å²) in [5.74, 6) is 7.31. The number of halogens is 2. The van der Waals surface area contributed by atoms with E-state index in [0.717, 1.165) is 11.3 Å². The Morgan fingerprint density at radius 1 is 1.20 bits per heavy atom. The van der Waals surface area contributed by atoms with Gasteiger partial charge in [0.2, 0.25) is 6.79 Å². The number of rotatable bonds is 7. The van der Waals surface area contributed by atoms with Crippen LogP contribution in [-0.2, 0) is 6.42 Å². The Balaban J connectivity index is 1.57. The monoisotopic (exact) mass is 349 g/mol. The summed E-state index contributed by atoms with van der Waals surface area (Å²) in [6, 6.07) is 12.0. The van der Waals surface area contributed by atoms with E-state index in [1.54, 1.807) is 18.2 Å². The van der Waals surface area contributed by atoms with Crippen molar-refractivity contribution in [1.29, 1.82) is 0 Å². The van der Waals surface area contributed by atoms with Gasteiger partial charge in [-0.25, -0.2) is 11.0 Å². The van der Waals surface area contributed by atoms with Crippen LogP contribution in [0.2, 0.25) is 0 Å². The van der Waals surface area contributed by atoms with Crippen molar-refractivity contribution in [2.24, 2.45) is 10.9 Å². The Hall–Kier alpha value is -2.87. The van der Waals surface area contributed by atoms with Crippen molar-refractivity contribution >= 4 is 6.21 Å². The van der Waals surface area contributed by atoms with Crippen molar-refractivity contribution in [1.82, 2.24) is 5.12 Å². The molecule has 1 aliphatic heterocycles. The topological polar surface area (TPSA) is 69.3 Å². The third-order valence-corrected chi connectivity index (χ3v) is 3.55. The average molecular weight is 349 g/mol. The zero-order valence-corrected chi connectivity index (χ0v) is 13.3. The molecule has 6 nitrogen and oxygen atoms in total. The molecule has 0 saturated carbocycles. The van der Waals surface area contributed by atoms with E-state index in [1.165, 1.54) is 17.4 Å². The maximum absolute atomic E-state index is 12.4. The quantitative estimate of drug-likeness (QED) is 0.473. The minimum atomic E-state index is -2.89. The molecule has 0 aromatic heterocycles. The summed E-state index contributed by atoms with van der Waals surface area (Å²) in [5, 5.41) is 5.29. The lowest BCUT2D eigenvalue weighted by Crippen LogP contribution is -2.27. The van der Waals surface area contributed by atoms with Crippen molar-refractivity contribution in [3.8, 4) is 17.2 Å². The van der Waals surface area contributed by atoms with Gasteiger partial charge in [0.15, 0.2) is 11.5 Å². The predicted octanol–water partition coefficient (Wildman–Crippen LogP) is 2.77. The van der Waals surface area contributed by atoms with Crippen molar-refractivity contribution < 1.29 is 23.0 Å². The van der Waals surface area contributed by atoms with Crippen molar-refractivity contribution in [3.05, 3.63) is 53.6 Å². The third-order valence-electron chi connectivity index (χ3n) is 3.55. The first-order chi connectivity index (χ1) is 12.1. The fourth-order valence-electron chi connectivity index (χ4n) is 2.32. The van der Waals surface area contributed by atoms with Crippen LogP contribution >= 0.6 is 0 Å². The van der Waals surface area contributed by atoms with Gasteiger partial charge in [0.25, 0.3) is 0 Å².